The van der Waals surface area contributed by atoms with Crippen LogP contribution in [0.3, 0.4) is 0 Å². The number of alkyl halides is 4. The van der Waals surface area contributed by atoms with E-state index in [1.807, 2.05) is 0 Å². The van der Waals surface area contributed by atoms with Crippen molar-refractivity contribution in [2.75, 3.05) is 18.2 Å². The maximum Gasteiger partial charge on any atom is 0.402 e. The van der Waals surface area contributed by atoms with Crippen LogP contribution in [0, 0.1) is 0 Å². The summed E-state index contributed by atoms with van der Waals surface area (Å²) in [6.07, 6.45) is -3.88. The van der Waals surface area contributed by atoms with E-state index in [-0.39, 0.29) is 24.6 Å². The normalized spacial score (nSPS) is 12.8. The molecule has 0 unspecified atom stereocenters. The second-order valence-electron chi connectivity index (χ2n) is 4.58. The third kappa shape index (κ3) is 7.15. The molecule has 1 rings (SSSR count). The Morgan fingerprint density at radius 2 is 1.71 bits per heavy atom. The molecule has 8 heteroatoms. The molecule has 3 nitrogen and oxygen atoms in total. The Hall–Kier alpha value is -0.790. The molecule has 21 heavy (non-hydrogen) atoms. The third-order valence-corrected chi connectivity index (χ3v) is 4.85. The largest absolute Gasteiger partial charge is 0.402 e. The molecular weight excluding hydrogens is 327 g/mol. The van der Waals surface area contributed by atoms with Crippen LogP contribution in [-0.4, -0.2) is 37.1 Å². The van der Waals surface area contributed by atoms with Gasteiger partial charge in [-0.25, -0.2) is 8.42 Å². The third-order valence-electron chi connectivity index (χ3n) is 2.74. The topological polar surface area (TPSA) is 37.4 Å². The lowest BCUT2D eigenvalue weighted by Gasteiger charge is -2.23. The second-order valence-corrected chi connectivity index (χ2v) is 7.05. The monoisotopic (exact) mass is 343 g/mol. The minimum Gasteiger partial charge on any atom is -0.212 e. The van der Waals surface area contributed by atoms with Gasteiger partial charge in [-0.3, -0.25) is 0 Å². The van der Waals surface area contributed by atoms with E-state index in [2.05, 4.69) is 0 Å². The first kappa shape index (κ1) is 18.3. The van der Waals surface area contributed by atoms with Crippen LogP contribution in [0.2, 0.25) is 0 Å². The second kappa shape index (κ2) is 8.00. The molecule has 0 aliphatic rings. The van der Waals surface area contributed by atoms with Crippen molar-refractivity contribution in [3.63, 3.8) is 0 Å². The number of hydrogen-bond donors (Lipinski definition) is 0. The van der Waals surface area contributed by atoms with E-state index < -0.39 is 22.7 Å². The van der Waals surface area contributed by atoms with E-state index in [0.717, 1.165) is 0 Å². The zero-order valence-corrected chi connectivity index (χ0v) is 12.9. The standard InChI is InChI=1S/C13H17ClF3NO2S/c14-8-4-5-9-21(19,20)18(11-13(15,16)17)10-12-6-2-1-3-7-12/h1-3,6-7H,4-5,8-11H2. The molecule has 0 saturated heterocycles. The molecule has 0 amide bonds. The van der Waals surface area contributed by atoms with E-state index in [1.165, 1.54) is 0 Å². The molecule has 0 aliphatic heterocycles. The number of benzene rings is 1. The molecule has 0 spiro atoms. The fraction of sp³-hybridized carbons (Fsp3) is 0.538. The van der Waals surface area contributed by atoms with Crippen LogP contribution in [0.4, 0.5) is 13.2 Å². The summed E-state index contributed by atoms with van der Waals surface area (Å²) in [5.74, 6) is -0.0455. The fourth-order valence-electron chi connectivity index (χ4n) is 1.75. The van der Waals surface area contributed by atoms with Gasteiger partial charge in [-0.15, -0.1) is 11.6 Å². The molecule has 0 fully saturated rings. The summed E-state index contributed by atoms with van der Waals surface area (Å²) in [7, 11) is -3.97. The van der Waals surface area contributed by atoms with Crippen molar-refractivity contribution in [3.05, 3.63) is 35.9 Å². The van der Waals surface area contributed by atoms with Crippen molar-refractivity contribution in [3.8, 4) is 0 Å². The Kier molecular flexibility index (Phi) is 6.96. The highest BCUT2D eigenvalue weighted by Crippen LogP contribution is 2.21. The summed E-state index contributed by atoms with van der Waals surface area (Å²) < 4.78 is 62.4. The van der Waals surface area contributed by atoms with Crippen molar-refractivity contribution in [2.45, 2.75) is 25.6 Å². The Labute approximate surface area is 127 Å². The molecule has 0 heterocycles. The zero-order valence-electron chi connectivity index (χ0n) is 11.3. The van der Waals surface area contributed by atoms with E-state index in [4.69, 9.17) is 11.6 Å². The highest BCUT2D eigenvalue weighted by atomic mass is 35.5. The van der Waals surface area contributed by atoms with E-state index in [1.54, 1.807) is 30.3 Å². The maximum atomic E-state index is 12.6. The average Bonchev–Trinajstić information content (AvgIpc) is 2.38. The molecule has 0 saturated carbocycles. The summed E-state index contributed by atoms with van der Waals surface area (Å²) in [6.45, 7) is -1.77. The summed E-state index contributed by atoms with van der Waals surface area (Å²) >= 11 is 5.46. The van der Waals surface area contributed by atoms with Crippen molar-refractivity contribution in [1.29, 1.82) is 0 Å². The molecular formula is C13H17ClF3NO2S. The first-order valence-electron chi connectivity index (χ1n) is 6.39. The van der Waals surface area contributed by atoms with Gasteiger partial charge in [0.1, 0.15) is 6.54 Å². The van der Waals surface area contributed by atoms with Gasteiger partial charge in [0.15, 0.2) is 0 Å². The SMILES string of the molecule is O=S(=O)(CCCCCl)N(Cc1ccccc1)CC(F)(F)F. The number of rotatable bonds is 8. The van der Waals surface area contributed by atoms with Crippen LogP contribution in [0.25, 0.3) is 0 Å². The molecule has 0 radical (unpaired) electrons. The lowest BCUT2D eigenvalue weighted by molar-refractivity contribution is -0.136. The Morgan fingerprint density at radius 1 is 1.10 bits per heavy atom. The summed E-state index contributed by atoms with van der Waals surface area (Å²) in [5, 5.41) is 0. The number of nitrogens with zero attached hydrogens (tertiary/aromatic N) is 1. The van der Waals surface area contributed by atoms with E-state index in [0.29, 0.717) is 16.3 Å². The molecule has 0 bridgehead atoms. The van der Waals surface area contributed by atoms with Gasteiger partial charge in [-0.05, 0) is 18.4 Å². The maximum absolute atomic E-state index is 12.6. The van der Waals surface area contributed by atoms with Gasteiger partial charge in [0.25, 0.3) is 0 Å². The van der Waals surface area contributed by atoms with Gasteiger partial charge in [-0.2, -0.15) is 17.5 Å². The van der Waals surface area contributed by atoms with Gasteiger partial charge >= 0.3 is 6.18 Å². The van der Waals surface area contributed by atoms with Crippen LogP contribution in [0.1, 0.15) is 18.4 Å². The zero-order chi connectivity index (χ0) is 15.9. The molecule has 0 aliphatic carbocycles. The predicted molar refractivity (Wildman–Crippen MR) is 76.6 cm³/mol. The molecule has 0 aromatic heterocycles. The van der Waals surface area contributed by atoms with Crippen LogP contribution in [-0.2, 0) is 16.6 Å². The van der Waals surface area contributed by atoms with Crippen LogP contribution >= 0.6 is 11.6 Å². The first-order valence-corrected chi connectivity index (χ1v) is 8.53. The smallest absolute Gasteiger partial charge is 0.212 e. The highest BCUT2D eigenvalue weighted by molar-refractivity contribution is 7.89. The number of halogens is 4. The Morgan fingerprint density at radius 3 is 2.24 bits per heavy atom. The number of unbranched alkanes of at least 4 members (excludes halogenated alkanes) is 1. The van der Waals surface area contributed by atoms with E-state index >= 15 is 0 Å². The lowest BCUT2D eigenvalue weighted by atomic mass is 10.2. The van der Waals surface area contributed by atoms with E-state index in [9.17, 15) is 21.6 Å². The van der Waals surface area contributed by atoms with Crippen LogP contribution in [0.5, 0.6) is 0 Å². The quantitative estimate of drug-likeness (QED) is 0.536. The molecule has 1 aromatic rings. The fourth-order valence-corrected chi connectivity index (χ4v) is 3.45. The van der Waals surface area contributed by atoms with Crippen molar-refractivity contribution >= 4 is 21.6 Å². The molecule has 120 valence electrons. The average molecular weight is 344 g/mol. The Balaban J connectivity index is 2.86. The molecule has 0 N–H and O–H groups in total. The number of hydrogen-bond acceptors (Lipinski definition) is 2. The van der Waals surface area contributed by atoms with Gasteiger partial charge in [0.2, 0.25) is 10.0 Å². The minimum absolute atomic E-state index is 0.245. The summed E-state index contributed by atoms with van der Waals surface area (Å²) in [4.78, 5) is 0. The van der Waals surface area contributed by atoms with Gasteiger partial charge < -0.3 is 0 Å². The van der Waals surface area contributed by atoms with Crippen LogP contribution in [0.15, 0.2) is 30.3 Å². The summed E-state index contributed by atoms with van der Waals surface area (Å²) in [5.41, 5.74) is 0.516. The molecule has 0 atom stereocenters. The first-order chi connectivity index (χ1) is 9.74. The highest BCUT2D eigenvalue weighted by Gasteiger charge is 2.36. The van der Waals surface area contributed by atoms with Crippen molar-refractivity contribution < 1.29 is 21.6 Å². The van der Waals surface area contributed by atoms with Crippen LogP contribution < -0.4 is 0 Å². The predicted octanol–water partition coefficient (Wildman–Crippen LogP) is 3.40. The van der Waals surface area contributed by atoms with Gasteiger partial charge in [0.05, 0.1) is 5.75 Å². The van der Waals surface area contributed by atoms with Crippen molar-refractivity contribution in [1.82, 2.24) is 4.31 Å². The number of sulfonamides is 1. The summed E-state index contributed by atoms with van der Waals surface area (Å²) in [6, 6.07) is 8.21. The molecule has 1 aromatic carbocycles. The van der Waals surface area contributed by atoms with Gasteiger partial charge in [-0.1, -0.05) is 30.3 Å². The van der Waals surface area contributed by atoms with Crippen molar-refractivity contribution in [2.24, 2.45) is 0 Å². The Bertz CT molecular complexity index is 520. The lowest BCUT2D eigenvalue weighted by Crippen LogP contribution is -2.39. The van der Waals surface area contributed by atoms with Gasteiger partial charge in [0, 0.05) is 12.4 Å². The minimum atomic E-state index is -4.58.